The Kier molecular flexibility index (Phi) is 4.35. The second kappa shape index (κ2) is 6.00. The molecule has 0 spiro atoms. The van der Waals surface area contributed by atoms with Crippen LogP contribution in [-0.2, 0) is 9.59 Å². The minimum Gasteiger partial charge on any atom is -0.345 e. The van der Waals surface area contributed by atoms with Crippen molar-refractivity contribution in [2.75, 3.05) is 13.6 Å². The maximum Gasteiger partial charge on any atom is 0.222 e. The van der Waals surface area contributed by atoms with Crippen LogP contribution in [0, 0.1) is 19.3 Å². The molecule has 1 aliphatic rings. The Morgan fingerprint density at radius 3 is 2.84 bits per heavy atom. The van der Waals surface area contributed by atoms with E-state index >= 15 is 0 Å². The van der Waals surface area contributed by atoms with E-state index in [1.54, 1.807) is 11.9 Å². The minimum absolute atomic E-state index is 0.00275. The number of nitrogens with zero attached hydrogens (tertiary/aromatic N) is 1. The Labute approximate surface area is 114 Å². The number of rotatable bonds is 4. The van der Waals surface area contributed by atoms with Crippen molar-refractivity contribution >= 4 is 11.7 Å². The number of ketones is 1. The molecular formula is C16H20NO2. The highest BCUT2D eigenvalue weighted by molar-refractivity contribution is 5.86. The van der Waals surface area contributed by atoms with Gasteiger partial charge in [0.15, 0.2) is 0 Å². The lowest BCUT2D eigenvalue weighted by Crippen LogP contribution is -2.39. The molecule has 2 rings (SSSR count). The van der Waals surface area contributed by atoms with Gasteiger partial charge in [0.25, 0.3) is 0 Å². The zero-order valence-electron chi connectivity index (χ0n) is 11.6. The summed E-state index contributed by atoms with van der Waals surface area (Å²) in [6.45, 7) is 2.61. The number of hydrogen-bond donors (Lipinski definition) is 0. The number of carbonyl (C=O) groups is 2. The molecule has 1 atom stereocenters. The summed E-state index contributed by atoms with van der Waals surface area (Å²) < 4.78 is 0. The quantitative estimate of drug-likeness (QED) is 0.831. The molecule has 0 aliphatic carbocycles. The van der Waals surface area contributed by atoms with Crippen molar-refractivity contribution in [3.05, 3.63) is 41.8 Å². The maximum atomic E-state index is 12.2. The van der Waals surface area contributed by atoms with Gasteiger partial charge >= 0.3 is 0 Å². The summed E-state index contributed by atoms with van der Waals surface area (Å²) in [5.41, 5.74) is 2.31. The van der Waals surface area contributed by atoms with Gasteiger partial charge in [-0.2, -0.15) is 0 Å². The van der Waals surface area contributed by atoms with Gasteiger partial charge in [-0.25, -0.2) is 0 Å². The lowest BCUT2D eigenvalue weighted by Gasteiger charge is -2.28. The lowest BCUT2D eigenvalue weighted by molar-refractivity contribution is -0.136. The fourth-order valence-corrected chi connectivity index (χ4v) is 2.47. The normalized spacial score (nSPS) is 19.6. The first-order chi connectivity index (χ1) is 9.08. The van der Waals surface area contributed by atoms with Gasteiger partial charge in [0, 0.05) is 32.4 Å². The van der Waals surface area contributed by atoms with Gasteiger partial charge < -0.3 is 4.90 Å². The molecule has 0 N–H and O–H groups in total. The molecule has 1 aliphatic heterocycles. The molecule has 1 saturated heterocycles. The molecule has 1 heterocycles. The average molecular weight is 258 g/mol. The number of benzene rings is 1. The predicted octanol–water partition coefficient (Wildman–Crippen LogP) is 2.38. The Morgan fingerprint density at radius 2 is 2.16 bits per heavy atom. The van der Waals surface area contributed by atoms with E-state index in [2.05, 4.69) is 0 Å². The van der Waals surface area contributed by atoms with Crippen LogP contribution >= 0.6 is 0 Å². The molecule has 0 aromatic heterocycles. The summed E-state index contributed by atoms with van der Waals surface area (Å²) in [5, 5.41) is 0. The minimum atomic E-state index is 0.00275. The zero-order chi connectivity index (χ0) is 13.8. The SMILES string of the molecule is Cc1ccccc1[CH]CC(=O)C1CCC(=O)N(C)C1. The van der Waals surface area contributed by atoms with E-state index in [1.807, 2.05) is 37.6 Å². The third kappa shape index (κ3) is 3.43. The third-order valence-corrected chi connectivity index (χ3v) is 3.79. The highest BCUT2D eigenvalue weighted by Gasteiger charge is 2.27. The number of aryl methyl sites for hydroxylation is 1. The number of Topliss-reactive ketones (excluding diaryl/α,β-unsaturated/α-hetero) is 1. The highest BCUT2D eigenvalue weighted by Crippen LogP contribution is 2.20. The molecule has 1 unspecified atom stereocenters. The Hall–Kier alpha value is -1.64. The molecule has 3 nitrogen and oxygen atoms in total. The van der Waals surface area contributed by atoms with E-state index in [4.69, 9.17) is 0 Å². The first kappa shape index (κ1) is 13.8. The number of likely N-dealkylation sites (tertiary alicyclic amines) is 1. The first-order valence-corrected chi connectivity index (χ1v) is 6.73. The topological polar surface area (TPSA) is 37.4 Å². The van der Waals surface area contributed by atoms with E-state index in [9.17, 15) is 9.59 Å². The summed E-state index contributed by atoms with van der Waals surface area (Å²) in [6, 6.07) is 8.05. The van der Waals surface area contributed by atoms with Crippen molar-refractivity contribution in [3.63, 3.8) is 0 Å². The molecule has 1 radical (unpaired) electrons. The van der Waals surface area contributed by atoms with Crippen LogP contribution in [0.25, 0.3) is 0 Å². The zero-order valence-corrected chi connectivity index (χ0v) is 11.6. The predicted molar refractivity (Wildman–Crippen MR) is 74.6 cm³/mol. The first-order valence-electron chi connectivity index (χ1n) is 6.73. The van der Waals surface area contributed by atoms with E-state index < -0.39 is 0 Å². The van der Waals surface area contributed by atoms with Gasteiger partial charge in [-0.05, 0) is 30.9 Å². The summed E-state index contributed by atoms with van der Waals surface area (Å²) in [5.74, 6) is 0.387. The van der Waals surface area contributed by atoms with Crippen molar-refractivity contribution in [2.45, 2.75) is 26.2 Å². The van der Waals surface area contributed by atoms with Gasteiger partial charge in [-0.3, -0.25) is 9.59 Å². The summed E-state index contributed by atoms with van der Waals surface area (Å²) >= 11 is 0. The molecule has 1 fully saturated rings. The van der Waals surface area contributed by atoms with Gasteiger partial charge in [0.1, 0.15) is 5.78 Å². The molecule has 1 aromatic rings. The molecule has 1 aromatic carbocycles. The maximum absolute atomic E-state index is 12.2. The van der Waals surface area contributed by atoms with Crippen LogP contribution in [0.1, 0.15) is 30.4 Å². The second-order valence-electron chi connectivity index (χ2n) is 5.24. The van der Waals surface area contributed by atoms with Crippen LogP contribution in [0.4, 0.5) is 0 Å². The largest absolute Gasteiger partial charge is 0.345 e. The van der Waals surface area contributed by atoms with Crippen molar-refractivity contribution in [2.24, 2.45) is 5.92 Å². The van der Waals surface area contributed by atoms with Crippen LogP contribution in [0.5, 0.6) is 0 Å². The molecule has 101 valence electrons. The molecular weight excluding hydrogens is 238 g/mol. The number of amides is 1. The highest BCUT2D eigenvalue weighted by atomic mass is 16.2. The Morgan fingerprint density at radius 1 is 1.42 bits per heavy atom. The van der Waals surface area contributed by atoms with E-state index in [-0.39, 0.29) is 17.6 Å². The van der Waals surface area contributed by atoms with Crippen LogP contribution in [-0.4, -0.2) is 30.2 Å². The molecule has 0 saturated carbocycles. The number of carbonyl (C=O) groups excluding carboxylic acids is 2. The van der Waals surface area contributed by atoms with Gasteiger partial charge in [-0.1, -0.05) is 24.3 Å². The van der Waals surface area contributed by atoms with Gasteiger partial charge in [0.05, 0.1) is 0 Å². The van der Waals surface area contributed by atoms with Crippen LogP contribution in [0.3, 0.4) is 0 Å². The monoisotopic (exact) mass is 258 g/mol. The summed E-state index contributed by atoms with van der Waals surface area (Å²) in [6.07, 6.45) is 3.65. The fourth-order valence-electron chi connectivity index (χ4n) is 2.47. The van der Waals surface area contributed by atoms with Crippen LogP contribution < -0.4 is 0 Å². The molecule has 3 heteroatoms. The van der Waals surface area contributed by atoms with E-state index in [0.29, 0.717) is 25.8 Å². The average Bonchev–Trinajstić information content (AvgIpc) is 2.40. The molecule has 1 amide bonds. The summed E-state index contributed by atoms with van der Waals surface area (Å²) in [4.78, 5) is 25.2. The van der Waals surface area contributed by atoms with Gasteiger partial charge in [-0.15, -0.1) is 0 Å². The molecule has 19 heavy (non-hydrogen) atoms. The van der Waals surface area contributed by atoms with E-state index in [1.165, 1.54) is 5.56 Å². The lowest BCUT2D eigenvalue weighted by atomic mass is 9.90. The van der Waals surface area contributed by atoms with Crippen molar-refractivity contribution in [1.82, 2.24) is 4.90 Å². The standard InChI is InChI=1S/C16H20NO2/c1-12-5-3-4-6-13(12)7-9-15(18)14-8-10-16(19)17(2)11-14/h3-7,14H,8-11H2,1-2H3. The van der Waals surface area contributed by atoms with Crippen molar-refractivity contribution < 1.29 is 9.59 Å². The number of hydrogen-bond acceptors (Lipinski definition) is 2. The Bertz CT molecular complexity index is 481. The number of piperidine rings is 1. The van der Waals surface area contributed by atoms with E-state index in [0.717, 1.165) is 5.56 Å². The van der Waals surface area contributed by atoms with Crippen molar-refractivity contribution in [3.8, 4) is 0 Å². The van der Waals surface area contributed by atoms with Crippen LogP contribution in [0.15, 0.2) is 24.3 Å². The smallest absolute Gasteiger partial charge is 0.222 e. The van der Waals surface area contributed by atoms with Crippen molar-refractivity contribution in [1.29, 1.82) is 0 Å². The molecule has 0 bridgehead atoms. The second-order valence-corrected chi connectivity index (χ2v) is 5.24. The van der Waals surface area contributed by atoms with Crippen LogP contribution in [0.2, 0.25) is 0 Å². The summed E-state index contributed by atoms with van der Waals surface area (Å²) in [7, 11) is 1.77. The van der Waals surface area contributed by atoms with Gasteiger partial charge in [0.2, 0.25) is 5.91 Å². The third-order valence-electron chi connectivity index (χ3n) is 3.79. The Balaban J connectivity index is 1.88. The fraction of sp³-hybridized carbons (Fsp3) is 0.438.